The summed E-state index contributed by atoms with van der Waals surface area (Å²) in [6.45, 7) is 1.49. The number of aromatic amines is 1. The van der Waals surface area contributed by atoms with E-state index in [1.54, 1.807) is 12.1 Å². The van der Waals surface area contributed by atoms with Crippen LogP contribution >= 0.6 is 0 Å². The van der Waals surface area contributed by atoms with E-state index in [9.17, 15) is 9.90 Å². The van der Waals surface area contributed by atoms with Gasteiger partial charge in [0.05, 0.1) is 0 Å². The summed E-state index contributed by atoms with van der Waals surface area (Å²) < 4.78 is 0. The Hall–Kier alpha value is -3.60. The van der Waals surface area contributed by atoms with Gasteiger partial charge in [-0.05, 0) is 41.5 Å². The van der Waals surface area contributed by atoms with Crippen molar-refractivity contribution in [3.05, 3.63) is 67.0 Å². The highest BCUT2D eigenvalue weighted by Gasteiger charge is 2.09. The number of carbonyl (C=O) groups is 1. The number of phenolic OH excluding ortho intramolecular Hbond substituents is 1. The number of pyridine rings is 1. The monoisotopic (exact) mass is 343 g/mol. The summed E-state index contributed by atoms with van der Waals surface area (Å²) in [5.41, 5.74) is 5.51. The number of hydrogen-bond donors (Lipinski definition) is 3. The maximum atomic E-state index is 11.3. The number of benzene rings is 2. The number of rotatable bonds is 3. The van der Waals surface area contributed by atoms with Crippen molar-refractivity contribution in [2.45, 2.75) is 6.92 Å². The first-order valence-corrected chi connectivity index (χ1v) is 8.25. The molecule has 0 saturated carbocycles. The molecule has 0 fully saturated rings. The van der Waals surface area contributed by atoms with Gasteiger partial charge in [-0.1, -0.05) is 24.3 Å². The van der Waals surface area contributed by atoms with E-state index in [4.69, 9.17) is 0 Å². The quantitative estimate of drug-likeness (QED) is 0.510. The smallest absolute Gasteiger partial charge is 0.221 e. The first-order chi connectivity index (χ1) is 12.6. The second kappa shape index (κ2) is 6.37. The normalized spacial score (nSPS) is 10.8. The molecule has 0 spiro atoms. The van der Waals surface area contributed by atoms with Gasteiger partial charge >= 0.3 is 0 Å². The minimum Gasteiger partial charge on any atom is -0.508 e. The van der Waals surface area contributed by atoms with E-state index >= 15 is 0 Å². The standard InChI is InChI=1S/C21H17N3O2/c1-13(25)24-17-4-2-3-15(9-17)16-10-19-20(12-23-21(19)22-11-16)14-5-7-18(26)8-6-14/h2-12,26H,1H3,(H,22,23)(H,24,25). The van der Waals surface area contributed by atoms with Gasteiger partial charge < -0.3 is 15.4 Å². The third-order valence-electron chi connectivity index (χ3n) is 4.23. The van der Waals surface area contributed by atoms with Crippen LogP contribution in [0.15, 0.2) is 67.0 Å². The Labute approximate surface area is 150 Å². The highest BCUT2D eigenvalue weighted by atomic mass is 16.3. The predicted octanol–water partition coefficient (Wildman–Crippen LogP) is 4.56. The lowest BCUT2D eigenvalue weighted by Crippen LogP contribution is -2.05. The summed E-state index contributed by atoms with van der Waals surface area (Å²) >= 11 is 0. The number of amides is 1. The molecule has 0 aliphatic rings. The molecule has 0 saturated heterocycles. The fourth-order valence-electron chi connectivity index (χ4n) is 3.02. The van der Waals surface area contributed by atoms with Crippen molar-refractivity contribution in [1.29, 1.82) is 0 Å². The van der Waals surface area contributed by atoms with Gasteiger partial charge in [-0.25, -0.2) is 4.98 Å². The number of anilines is 1. The van der Waals surface area contributed by atoms with E-state index in [-0.39, 0.29) is 11.7 Å². The molecular formula is C21H17N3O2. The van der Waals surface area contributed by atoms with Gasteiger partial charge in [0, 0.05) is 41.5 Å². The molecule has 0 aliphatic carbocycles. The van der Waals surface area contributed by atoms with Crippen molar-refractivity contribution in [1.82, 2.24) is 9.97 Å². The summed E-state index contributed by atoms with van der Waals surface area (Å²) in [6.07, 6.45) is 3.73. The molecule has 5 nitrogen and oxygen atoms in total. The van der Waals surface area contributed by atoms with Crippen molar-refractivity contribution < 1.29 is 9.90 Å². The van der Waals surface area contributed by atoms with Crippen LogP contribution < -0.4 is 5.32 Å². The minimum absolute atomic E-state index is 0.101. The van der Waals surface area contributed by atoms with Gasteiger partial charge in [0.2, 0.25) is 5.91 Å². The first-order valence-electron chi connectivity index (χ1n) is 8.25. The Balaban J connectivity index is 1.79. The molecule has 0 radical (unpaired) electrons. The van der Waals surface area contributed by atoms with E-state index in [1.807, 2.05) is 48.8 Å². The van der Waals surface area contributed by atoms with Gasteiger partial charge in [0.25, 0.3) is 0 Å². The van der Waals surface area contributed by atoms with Gasteiger partial charge in [0.15, 0.2) is 0 Å². The molecule has 2 heterocycles. The van der Waals surface area contributed by atoms with Crippen LogP contribution in [-0.2, 0) is 4.79 Å². The van der Waals surface area contributed by atoms with E-state index in [1.165, 1.54) is 6.92 Å². The SMILES string of the molecule is CC(=O)Nc1cccc(-c2cnc3[nH]cc(-c4ccc(O)cc4)c3c2)c1. The molecule has 26 heavy (non-hydrogen) atoms. The van der Waals surface area contributed by atoms with Crippen LogP contribution in [0.4, 0.5) is 5.69 Å². The van der Waals surface area contributed by atoms with Crippen molar-refractivity contribution >= 4 is 22.6 Å². The first kappa shape index (κ1) is 15.9. The maximum Gasteiger partial charge on any atom is 0.221 e. The average molecular weight is 343 g/mol. The molecular weight excluding hydrogens is 326 g/mol. The van der Waals surface area contributed by atoms with Crippen LogP contribution in [0.2, 0.25) is 0 Å². The van der Waals surface area contributed by atoms with Crippen LogP contribution in [0.3, 0.4) is 0 Å². The molecule has 0 atom stereocenters. The highest BCUT2D eigenvalue weighted by molar-refractivity contribution is 5.96. The molecule has 4 rings (SSSR count). The van der Waals surface area contributed by atoms with Gasteiger partial charge in [0.1, 0.15) is 11.4 Å². The summed E-state index contributed by atoms with van der Waals surface area (Å²) in [6, 6.07) is 16.8. The Morgan fingerprint density at radius 2 is 1.85 bits per heavy atom. The third-order valence-corrected chi connectivity index (χ3v) is 4.23. The average Bonchev–Trinajstić information content (AvgIpc) is 3.05. The lowest BCUT2D eigenvalue weighted by Gasteiger charge is -2.07. The molecule has 2 aromatic carbocycles. The number of nitrogens with one attached hydrogen (secondary N) is 2. The molecule has 128 valence electrons. The van der Waals surface area contributed by atoms with E-state index < -0.39 is 0 Å². The zero-order valence-electron chi connectivity index (χ0n) is 14.2. The number of aromatic hydroxyl groups is 1. The molecule has 4 aromatic rings. The third kappa shape index (κ3) is 3.02. The molecule has 5 heteroatoms. The summed E-state index contributed by atoms with van der Waals surface area (Å²) in [5.74, 6) is 0.137. The summed E-state index contributed by atoms with van der Waals surface area (Å²) in [7, 11) is 0. The van der Waals surface area contributed by atoms with Crippen molar-refractivity contribution in [2.24, 2.45) is 0 Å². The lowest BCUT2D eigenvalue weighted by molar-refractivity contribution is -0.114. The number of fused-ring (bicyclic) bond motifs is 1. The number of phenols is 1. The Morgan fingerprint density at radius 1 is 1.04 bits per heavy atom. The largest absolute Gasteiger partial charge is 0.508 e. The highest BCUT2D eigenvalue weighted by Crippen LogP contribution is 2.32. The van der Waals surface area contributed by atoms with Crippen LogP contribution in [0, 0.1) is 0 Å². The van der Waals surface area contributed by atoms with E-state index in [2.05, 4.69) is 21.4 Å². The lowest BCUT2D eigenvalue weighted by atomic mass is 10.0. The predicted molar refractivity (Wildman–Crippen MR) is 103 cm³/mol. The number of aromatic nitrogens is 2. The maximum absolute atomic E-state index is 11.3. The number of hydrogen-bond acceptors (Lipinski definition) is 3. The number of carbonyl (C=O) groups excluding carboxylic acids is 1. The van der Waals surface area contributed by atoms with Crippen molar-refractivity contribution in [3.63, 3.8) is 0 Å². The fourth-order valence-corrected chi connectivity index (χ4v) is 3.02. The Bertz CT molecular complexity index is 1100. The Morgan fingerprint density at radius 3 is 2.62 bits per heavy atom. The molecule has 0 aliphatic heterocycles. The number of H-pyrrole nitrogens is 1. The van der Waals surface area contributed by atoms with Crippen molar-refractivity contribution in [2.75, 3.05) is 5.32 Å². The van der Waals surface area contributed by atoms with E-state index in [0.29, 0.717) is 0 Å². The Kier molecular flexibility index (Phi) is 3.89. The van der Waals surface area contributed by atoms with Crippen LogP contribution in [-0.4, -0.2) is 21.0 Å². The summed E-state index contributed by atoms with van der Waals surface area (Å²) in [5, 5.41) is 13.3. The molecule has 3 N–H and O–H groups in total. The molecule has 1 amide bonds. The topological polar surface area (TPSA) is 78.0 Å². The number of nitrogens with zero attached hydrogens (tertiary/aromatic N) is 1. The van der Waals surface area contributed by atoms with Gasteiger partial charge in [-0.2, -0.15) is 0 Å². The van der Waals surface area contributed by atoms with Gasteiger partial charge in [-0.15, -0.1) is 0 Å². The van der Waals surface area contributed by atoms with Gasteiger partial charge in [-0.3, -0.25) is 4.79 Å². The van der Waals surface area contributed by atoms with Crippen LogP contribution in [0.5, 0.6) is 5.75 Å². The minimum atomic E-state index is -0.101. The van der Waals surface area contributed by atoms with Crippen molar-refractivity contribution in [3.8, 4) is 28.0 Å². The second-order valence-corrected chi connectivity index (χ2v) is 6.13. The van der Waals surface area contributed by atoms with Crippen LogP contribution in [0.1, 0.15) is 6.92 Å². The van der Waals surface area contributed by atoms with E-state index in [0.717, 1.165) is 39.0 Å². The molecule has 0 unspecified atom stereocenters. The molecule has 2 aromatic heterocycles. The second-order valence-electron chi connectivity index (χ2n) is 6.13. The zero-order valence-corrected chi connectivity index (χ0v) is 14.2. The molecule has 0 bridgehead atoms. The van der Waals surface area contributed by atoms with Crippen LogP contribution in [0.25, 0.3) is 33.3 Å². The fraction of sp³-hybridized carbons (Fsp3) is 0.0476. The zero-order chi connectivity index (χ0) is 18.1. The summed E-state index contributed by atoms with van der Waals surface area (Å²) in [4.78, 5) is 19.0.